The maximum Gasteiger partial charge on any atom is 0.312 e. The molecule has 0 bridgehead atoms. The molecule has 0 aliphatic heterocycles. The van der Waals surface area contributed by atoms with Crippen molar-refractivity contribution in [1.29, 1.82) is 0 Å². The van der Waals surface area contributed by atoms with Gasteiger partial charge in [-0.25, -0.2) is 0 Å². The summed E-state index contributed by atoms with van der Waals surface area (Å²) in [6.07, 6.45) is 2.06. The van der Waals surface area contributed by atoms with Crippen LogP contribution >= 0.6 is 0 Å². The van der Waals surface area contributed by atoms with Gasteiger partial charge in [0, 0.05) is 0 Å². The molecule has 4 N–H and O–H groups in total. The first-order valence-corrected chi connectivity index (χ1v) is 22.3. The topological polar surface area (TPSA) is 239 Å². The highest BCUT2D eigenvalue weighted by Crippen LogP contribution is 2.42. The number of aliphatic hydroxyl groups is 4. The van der Waals surface area contributed by atoms with Crippen molar-refractivity contribution >= 4 is 35.8 Å². The summed E-state index contributed by atoms with van der Waals surface area (Å²) in [6, 6.07) is 0. The van der Waals surface area contributed by atoms with Gasteiger partial charge in [0.05, 0.1) is 34.5 Å². The molecule has 6 unspecified atom stereocenters. The van der Waals surface area contributed by atoms with Gasteiger partial charge in [0.2, 0.25) is 5.79 Å². The number of ether oxygens (including phenoxy) is 6. The van der Waals surface area contributed by atoms with Crippen molar-refractivity contribution in [2.75, 3.05) is 39.6 Å². The molecule has 0 aromatic heterocycles. The van der Waals surface area contributed by atoms with E-state index in [1.807, 2.05) is 69.2 Å². The van der Waals surface area contributed by atoms with Crippen LogP contribution in [0.25, 0.3) is 0 Å². The molecular formula is C45H76O16. The van der Waals surface area contributed by atoms with Crippen molar-refractivity contribution in [3.8, 4) is 0 Å². The van der Waals surface area contributed by atoms with E-state index in [0.29, 0.717) is 51.4 Å². The number of carbonyl (C=O) groups is 6. The maximum absolute atomic E-state index is 13.1. The Hall–Kier alpha value is -3.34. The molecule has 0 aromatic rings. The standard InChI is InChI=1S/C45H76O16/c1-11-44(27(3)4,28(5)6)41(52)58-23-31(46)21-56-37(48)33-17-13-15-19-35(33)39(50)60-25-43(54,55)26-61-40(51)36-20-16-14-18-34(36)38(49)57-22-32(47)24-59-42(53)45(12-2,29(7)8)30(9)10/h27-36,46-47,54-55H,11-26H2,1-10H3. The van der Waals surface area contributed by atoms with E-state index in [2.05, 4.69) is 0 Å². The minimum atomic E-state index is -2.80. The van der Waals surface area contributed by atoms with Gasteiger partial charge < -0.3 is 48.8 Å². The Morgan fingerprint density at radius 1 is 0.459 bits per heavy atom. The molecule has 0 amide bonds. The zero-order chi connectivity index (χ0) is 46.3. The number of esters is 6. The van der Waals surface area contributed by atoms with Crippen molar-refractivity contribution in [3.05, 3.63) is 0 Å². The second-order valence-corrected chi connectivity index (χ2v) is 18.4. The van der Waals surface area contributed by atoms with E-state index in [4.69, 9.17) is 28.4 Å². The van der Waals surface area contributed by atoms with E-state index in [1.165, 1.54) is 0 Å². The smallest absolute Gasteiger partial charge is 0.312 e. The van der Waals surface area contributed by atoms with Crippen molar-refractivity contribution < 1.29 is 77.6 Å². The third-order valence-electron chi connectivity index (χ3n) is 13.3. The highest BCUT2D eigenvalue weighted by atomic mass is 16.6. The molecule has 16 heteroatoms. The van der Waals surface area contributed by atoms with Crippen LogP contribution in [0.15, 0.2) is 0 Å². The highest BCUT2D eigenvalue weighted by Gasteiger charge is 2.46. The van der Waals surface area contributed by atoms with Crippen molar-refractivity contribution in [1.82, 2.24) is 0 Å². The first-order valence-electron chi connectivity index (χ1n) is 22.3. The molecule has 2 saturated carbocycles. The molecule has 0 spiro atoms. The molecule has 2 aliphatic carbocycles. The minimum absolute atomic E-state index is 0.00560. The van der Waals surface area contributed by atoms with Crippen LogP contribution in [-0.4, -0.2) is 114 Å². The Bertz CT molecular complexity index is 1320. The summed E-state index contributed by atoms with van der Waals surface area (Å²) in [5.74, 6) is -10.8. The van der Waals surface area contributed by atoms with E-state index >= 15 is 0 Å². The Kier molecular flexibility index (Phi) is 21.6. The fraction of sp³-hybridized carbons (Fsp3) is 0.867. The average Bonchev–Trinajstić information content (AvgIpc) is 3.21. The molecule has 16 nitrogen and oxygen atoms in total. The second kappa shape index (κ2) is 24.5. The van der Waals surface area contributed by atoms with Gasteiger partial charge in [0.25, 0.3) is 0 Å². The second-order valence-electron chi connectivity index (χ2n) is 18.4. The van der Waals surface area contributed by atoms with Gasteiger partial charge in [-0.05, 0) is 62.2 Å². The van der Waals surface area contributed by atoms with E-state index in [-0.39, 0.29) is 49.7 Å². The third-order valence-corrected chi connectivity index (χ3v) is 13.3. The number of aliphatic hydroxyl groups excluding tert-OH is 2. The van der Waals surface area contributed by atoms with Gasteiger partial charge in [-0.3, -0.25) is 28.8 Å². The molecular weight excluding hydrogens is 796 g/mol. The number of hydrogen-bond acceptors (Lipinski definition) is 16. The Labute approximate surface area is 362 Å². The van der Waals surface area contributed by atoms with Gasteiger partial charge in [0.15, 0.2) is 0 Å². The van der Waals surface area contributed by atoms with Crippen LogP contribution in [0.1, 0.15) is 133 Å². The lowest BCUT2D eigenvalue weighted by molar-refractivity contribution is -0.230. The minimum Gasteiger partial charge on any atom is -0.463 e. The number of hydrogen-bond donors (Lipinski definition) is 4. The zero-order valence-electron chi connectivity index (χ0n) is 38.3. The maximum atomic E-state index is 13.1. The van der Waals surface area contributed by atoms with Crippen molar-refractivity contribution in [2.24, 2.45) is 58.2 Å². The first kappa shape index (κ1) is 53.8. The van der Waals surface area contributed by atoms with E-state index < -0.39 is 115 Å². The van der Waals surface area contributed by atoms with Crippen LogP contribution in [0.4, 0.5) is 0 Å². The Balaban J connectivity index is 1.88. The van der Waals surface area contributed by atoms with E-state index in [9.17, 15) is 49.2 Å². The lowest BCUT2D eigenvalue weighted by Gasteiger charge is -2.38. The normalized spacial score (nSPS) is 21.1. The van der Waals surface area contributed by atoms with Gasteiger partial charge >= 0.3 is 35.8 Å². The fourth-order valence-electron chi connectivity index (χ4n) is 9.50. The Morgan fingerprint density at radius 3 is 0.951 bits per heavy atom. The third kappa shape index (κ3) is 14.3. The zero-order valence-corrected chi connectivity index (χ0v) is 38.3. The summed E-state index contributed by atoms with van der Waals surface area (Å²) in [6.45, 7) is 15.7. The summed E-state index contributed by atoms with van der Waals surface area (Å²) in [7, 11) is 0. The molecule has 0 heterocycles. The van der Waals surface area contributed by atoms with Gasteiger partial charge in [-0.2, -0.15) is 0 Å². The van der Waals surface area contributed by atoms with Crippen LogP contribution in [0, 0.1) is 58.2 Å². The summed E-state index contributed by atoms with van der Waals surface area (Å²) >= 11 is 0. The van der Waals surface area contributed by atoms with Crippen LogP contribution in [0.2, 0.25) is 0 Å². The van der Waals surface area contributed by atoms with Crippen molar-refractivity contribution in [3.63, 3.8) is 0 Å². The highest BCUT2D eigenvalue weighted by molar-refractivity contribution is 5.83. The largest absolute Gasteiger partial charge is 0.463 e. The van der Waals surface area contributed by atoms with Gasteiger partial charge in [-0.15, -0.1) is 0 Å². The quantitative estimate of drug-likeness (QED) is 0.0585. The number of carbonyl (C=O) groups excluding carboxylic acids is 6. The number of rotatable bonds is 24. The Morgan fingerprint density at radius 2 is 0.705 bits per heavy atom. The predicted molar refractivity (Wildman–Crippen MR) is 221 cm³/mol. The molecule has 0 aromatic carbocycles. The predicted octanol–water partition coefficient (Wildman–Crippen LogP) is 4.68. The van der Waals surface area contributed by atoms with Gasteiger partial charge in [0.1, 0.15) is 51.8 Å². The van der Waals surface area contributed by atoms with E-state index in [1.54, 1.807) is 0 Å². The van der Waals surface area contributed by atoms with Crippen LogP contribution < -0.4 is 0 Å². The summed E-state index contributed by atoms with van der Waals surface area (Å²) in [5.41, 5.74) is -1.47. The van der Waals surface area contributed by atoms with Crippen LogP contribution in [-0.2, 0) is 57.2 Å². The lowest BCUT2D eigenvalue weighted by atomic mass is 9.67. The molecule has 0 radical (unpaired) electrons. The molecule has 0 saturated heterocycles. The summed E-state index contributed by atoms with van der Waals surface area (Å²) in [4.78, 5) is 78.5. The van der Waals surface area contributed by atoms with Crippen molar-refractivity contribution in [2.45, 2.75) is 151 Å². The average molecular weight is 873 g/mol. The van der Waals surface area contributed by atoms with Crippen LogP contribution in [0.3, 0.4) is 0 Å². The molecule has 6 atom stereocenters. The lowest BCUT2D eigenvalue weighted by Crippen LogP contribution is -2.44. The molecule has 61 heavy (non-hydrogen) atoms. The monoisotopic (exact) mass is 873 g/mol. The fourth-order valence-corrected chi connectivity index (χ4v) is 9.50. The van der Waals surface area contributed by atoms with E-state index in [0.717, 1.165) is 0 Å². The first-order chi connectivity index (χ1) is 28.5. The molecule has 2 aliphatic rings. The molecule has 352 valence electrons. The summed E-state index contributed by atoms with van der Waals surface area (Å²) in [5, 5.41) is 42.1. The molecule has 2 rings (SSSR count). The van der Waals surface area contributed by atoms with Gasteiger partial charge in [-0.1, -0.05) is 94.9 Å². The summed E-state index contributed by atoms with van der Waals surface area (Å²) < 4.78 is 31.9. The molecule has 2 fully saturated rings. The van der Waals surface area contributed by atoms with Crippen LogP contribution in [0.5, 0.6) is 0 Å². The SMILES string of the molecule is CCC(C(=O)OCC(O)COC(=O)C1CCCCC1C(=O)OCC(O)(O)COC(=O)C1CCCCC1C(=O)OCC(O)COC(=O)C(CC)(C(C)C)C(C)C)(C(C)C)C(C)C.